The molecule has 1 aromatic heterocycles. The number of hydrogen-bond acceptors (Lipinski definition) is 2. The Kier molecular flexibility index (Phi) is 3.51. The average molecular weight is 377 g/mol. The summed E-state index contributed by atoms with van der Waals surface area (Å²) in [5.74, 6) is 1.38. The van der Waals surface area contributed by atoms with Crippen LogP contribution in [-0.4, -0.2) is 22.3 Å². The average Bonchev–Trinajstić information content (AvgIpc) is 2.91. The number of ether oxygens (including phenoxy) is 1. The molecule has 0 amide bonds. The van der Waals surface area contributed by atoms with Crippen molar-refractivity contribution >= 4 is 45.2 Å². The second-order valence-electron chi connectivity index (χ2n) is 4.60. The number of halogens is 2. The first kappa shape index (κ1) is 12.7. The van der Waals surface area contributed by atoms with Crippen LogP contribution in [0.1, 0.15) is 25.2 Å². The number of alkyl halides is 1. The quantitative estimate of drug-likeness (QED) is 0.590. The van der Waals surface area contributed by atoms with E-state index in [-0.39, 0.29) is 6.10 Å². The molecule has 0 radical (unpaired) electrons. The maximum Gasteiger partial charge on any atom is 0.125 e. The molecule has 3 rings (SSSR count). The highest BCUT2D eigenvalue weighted by molar-refractivity contribution is 14.1. The zero-order valence-electron chi connectivity index (χ0n) is 10.1. The molecule has 0 spiro atoms. The second-order valence-corrected chi connectivity index (χ2v) is 6.11. The number of benzene rings is 1. The van der Waals surface area contributed by atoms with Crippen LogP contribution in [0.15, 0.2) is 18.2 Å². The van der Waals surface area contributed by atoms with Gasteiger partial charge in [0.25, 0.3) is 0 Å². The van der Waals surface area contributed by atoms with Crippen LogP contribution < -0.4 is 0 Å². The molecule has 1 aliphatic heterocycles. The van der Waals surface area contributed by atoms with Gasteiger partial charge in [0.1, 0.15) is 5.82 Å². The Morgan fingerprint density at radius 3 is 3.06 bits per heavy atom. The molecule has 96 valence electrons. The highest BCUT2D eigenvalue weighted by atomic mass is 127. The van der Waals surface area contributed by atoms with E-state index in [1.807, 2.05) is 0 Å². The minimum absolute atomic E-state index is 0.226. The predicted molar refractivity (Wildman–Crippen MR) is 81.1 cm³/mol. The van der Waals surface area contributed by atoms with Crippen LogP contribution in [0.4, 0.5) is 0 Å². The lowest BCUT2D eigenvalue weighted by Crippen LogP contribution is -2.18. The molecule has 2 atom stereocenters. The summed E-state index contributed by atoms with van der Waals surface area (Å²) in [5.41, 5.74) is 2.19. The Bertz CT molecular complexity index is 584. The van der Waals surface area contributed by atoms with Gasteiger partial charge in [0.05, 0.1) is 29.1 Å². The van der Waals surface area contributed by atoms with Gasteiger partial charge in [-0.3, -0.25) is 0 Å². The van der Waals surface area contributed by atoms with Crippen LogP contribution in [0, 0.1) is 3.57 Å². The fourth-order valence-corrected chi connectivity index (χ4v) is 3.31. The summed E-state index contributed by atoms with van der Waals surface area (Å²) < 4.78 is 9.12. The topological polar surface area (TPSA) is 27.1 Å². The number of aromatic nitrogens is 2. The Morgan fingerprint density at radius 2 is 2.39 bits per heavy atom. The van der Waals surface area contributed by atoms with Crippen molar-refractivity contribution in [1.82, 2.24) is 9.55 Å². The van der Waals surface area contributed by atoms with Crippen LogP contribution in [0.5, 0.6) is 0 Å². The third-order valence-electron chi connectivity index (χ3n) is 3.51. The number of imidazole rings is 1. The monoisotopic (exact) mass is 376 g/mol. The van der Waals surface area contributed by atoms with Crippen LogP contribution in [-0.2, 0) is 10.6 Å². The molecule has 1 fully saturated rings. The predicted octanol–water partition coefficient (Wildman–Crippen LogP) is 3.73. The second kappa shape index (κ2) is 4.98. The third kappa shape index (κ3) is 2.04. The molecule has 18 heavy (non-hydrogen) atoms. The summed E-state index contributed by atoms with van der Waals surface area (Å²) in [6.45, 7) is 2.94. The SMILES string of the molecule is CC1OCCC1n1c(CCl)nc2cc(I)ccc21. The van der Waals surface area contributed by atoms with Gasteiger partial charge in [0.2, 0.25) is 0 Å². The van der Waals surface area contributed by atoms with Gasteiger partial charge in [-0.15, -0.1) is 11.6 Å². The van der Waals surface area contributed by atoms with E-state index in [0.717, 1.165) is 29.9 Å². The lowest BCUT2D eigenvalue weighted by Gasteiger charge is -2.19. The van der Waals surface area contributed by atoms with Crippen molar-refractivity contribution in [2.24, 2.45) is 0 Å². The van der Waals surface area contributed by atoms with Crippen LogP contribution in [0.3, 0.4) is 0 Å². The molecule has 0 N–H and O–H groups in total. The molecule has 5 heteroatoms. The van der Waals surface area contributed by atoms with Crippen molar-refractivity contribution < 1.29 is 4.74 Å². The number of nitrogens with zero attached hydrogens (tertiary/aromatic N) is 2. The van der Waals surface area contributed by atoms with Crippen LogP contribution in [0.25, 0.3) is 11.0 Å². The normalized spacial score (nSPS) is 23.9. The van der Waals surface area contributed by atoms with Gasteiger partial charge in [-0.1, -0.05) is 0 Å². The van der Waals surface area contributed by atoms with Crippen molar-refractivity contribution in [1.29, 1.82) is 0 Å². The molecule has 2 unspecified atom stereocenters. The summed E-state index contributed by atoms with van der Waals surface area (Å²) >= 11 is 8.35. The minimum Gasteiger partial charge on any atom is -0.376 e. The van der Waals surface area contributed by atoms with E-state index in [2.05, 4.69) is 57.3 Å². The zero-order chi connectivity index (χ0) is 12.7. The van der Waals surface area contributed by atoms with Crippen molar-refractivity contribution in [3.63, 3.8) is 0 Å². The standard InChI is InChI=1S/C13H14ClIN2O/c1-8-11(4-5-18-8)17-12-3-2-9(15)6-10(12)16-13(17)7-14/h2-3,6,8,11H,4-5,7H2,1H3. The number of fused-ring (bicyclic) bond motifs is 1. The molecule has 0 bridgehead atoms. The van der Waals surface area contributed by atoms with Crippen molar-refractivity contribution in [3.05, 3.63) is 27.6 Å². The summed E-state index contributed by atoms with van der Waals surface area (Å²) in [6.07, 6.45) is 1.26. The van der Waals surface area contributed by atoms with Crippen LogP contribution >= 0.6 is 34.2 Å². The first-order chi connectivity index (χ1) is 8.70. The number of hydrogen-bond donors (Lipinski definition) is 0. The van der Waals surface area contributed by atoms with Gasteiger partial charge >= 0.3 is 0 Å². The van der Waals surface area contributed by atoms with E-state index in [4.69, 9.17) is 16.3 Å². The Balaban J connectivity index is 2.19. The largest absolute Gasteiger partial charge is 0.376 e. The molecule has 1 aliphatic rings. The molecule has 3 nitrogen and oxygen atoms in total. The Labute approximate surface area is 125 Å². The van der Waals surface area contributed by atoms with Gasteiger partial charge in [-0.2, -0.15) is 0 Å². The summed E-state index contributed by atoms with van der Waals surface area (Å²) in [6, 6.07) is 6.69. The van der Waals surface area contributed by atoms with Gasteiger partial charge in [0, 0.05) is 10.2 Å². The number of rotatable bonds is 2. The third-order valence-corrected chi connectivity index (χ3v) is 4.42. The minimum atomic E-state index is 0.226. The molecule has 1 saturated heterocycles. The molecular formula is C13H14ClIN2O. The molecule has 2 aromatic rings. The smallest absolute Gasteiger partial charge is 0.125 e. The van der Waals surface area contributed by atoms with Gasteiger partial charge in [-0.05, 0) is 54.1 Å². The van der Waals surface area contributed by atoms with Gasteiger partial charge < -0.3 is 9.30 Å². The molecule has 0 saturated carbocycles. The van der Waals surface area contributed by atoms with Crippen LogP contribution in [0.2, 0.25) is 0 Å². The van der Waals surface area contributed by atoms with E-state index in [1.165, 1.54) is 3.57 Å². The summed E-state index contributed by atoms with van der Waals surface area (Å²) in [4.78, 5) is 4.64. The van der Waals surface area contributed by atoms with E-state index < -0.39 is 0 Å². The maximum absolute atomic E-state index is 6.04. The fourth-order valence-electron chi connectivity index (χ4n) is 2.65. The van der Waals surface area contributed by atoms with E-state index in [0.29, 0.717) is 11.9 Å². The summed E-state index contributed by atoms with van der Waals surface area (Å²) in [5, 5.41) is 0. The van der Waals surface area contributed by atoms with E-state index in [1.54, 1.807) is 0 Å². The zero-order valence-corrected chi connectivity index (χ0v) is 13.0. The molecule has 1 aromatic carbocycles. The van der Waals surface area contributed by atoms with E-state index >= 15 is 0 Å². The highest BCUT2D eigenvalue weighted by Crippen LogP contribution is 2.32. The lowest BCUT2D eigenvalue weighted by atomic mass is 10.1. The first-order valence-corrected chi connectivity index (χ1v) is 7.66. The molecular weight excluding hydrogens is 363 g/mol. The van der Waals surface area contributed by atoms with Crippen molar-refractivity contribution in [2.75, 3.05) is 6.61 Å². The van der Waals surface area contributed by atoms with Crippen molar-refractivity contribution in [2.45, 2.75) is 31.4 Å². The fraction of sp³-hybridized carbons (Fsp3) is 0.462. The van der Waals surface area contributed by atoms with Gasteiger partial charge in [0.15, 0.2) is 0 Å². The molecule has 2 heterocycles. The van der Waals surface area contributed by atoms with Gasteiger partial charge in [-0.25, -0.2) is 4.98 Å². The maximum atomic E-state index is 6.04. The van der Waals surface area contributed by atoms with E-state index in [9.17, 15) is 0 Å². The van der Waals surface area contributed by atoms with Crippen molar-refractivity contribution in [3.8, 4) is 0 Å². The first-order valence-electron chi connectivity index (χ1n) is 6.04. The Hall–Kier alpha value is -0.330. The highest BCUT2D eigenvalue weighted by Gasteiger charge is 2.29. The summed E-state index contributed by atoms with van der Waals surface area (Å²) in [7, 11) is 0. The Morgan fingerprint density at radius 1 is 1.56 bits per heavy atom. The molecule has 0 aliphatic carbocycles. The lowest BCUT2D eigenvalue weighted by molar-refractivity contribution is 0.108.